The van der Waals surface area contributed by atoms with E-state index in [4.69, 9.17) is 4.42 Å². The molecule has 5 nitrogen and oxygen atoms in total. The van der Waals surface area contributed by atoms with Crippen molar-refractivity contribution in [2.75, 3.05) is 0 Å². The Labute approximate surface area is 129 Å². The molecule has 0 atom stereocenters. The van der Waals surface area contributed by atoms with Crippen LogP contribution in [0, 0.1) is 18.6 Å². The second-order valence-corrected chi connectivity index (χ2v) is 5.58. The Balaban J connectivity index is 1.75. The van der Waals surface area contributed by atoms with E-state index in [1.807, 2.05) is 20.0 Å². The Morgan fingerprint density at radius 3 is 2.59 bits per heavy atom. The molecule has 0 aliphatic carbocycles. The monoisotopic (exact) mass is 322 g/mol. The molecule has 0 amide bonds. The summed E-state index contributed by atoms with van der Waals surface area (Å²) >= 11 is 1.07. The summed E-state index contributed by atoms with van der Waals surface area (Å²) in [6, 6.07) is 5.58. The SMILES string of the molecule is Cc1cc(-c2nnc(SCc3c(F)cccc3F)o2)nn1C. The maximum absolute atomic E-state index is 13.5. The van der Waals surface area contributed by atoms with E-state index in [9.17, 15) is 8.78 Å². The average molecular weight is 322 g/mol. The zero-order chi connectivity index (χ0) is 15.7. The van der Waals surface area contributed by atoms with E-state index in [1.165, 1.54) is 18.2 Å². The van der Waals surface area contributed by atoms with Crippen LogP contribution < -0.4 is 0 Å². The van der Waals surface area contributed by atoms with E-state index >= 15 is 0 Å². The Bertz CT molecular complexity index is 775. The molecule has 1 aromatic carbocycles. The van der Waals surface area contributed by atoms with Gasteiger partial charge >= 0.3 is 0 Å². The van der Waals surface area contributed by atoms with Crippen molar-refractivity contribution >= 4 is 11.8 Å². The first-order valence-electron chi connectivity index (χ1n) is 6.45. The van der Waals surface area contributed by atoms with E-state index in [0.29, 0.717) is 5.69 Å². The summed E-state index contributed by atoms with van der Waals surface area (Å²) in [7, 11) is 1.81. The predicted octanol–water partition coefficient (Wildman–Crippen LogP) is 3.35. The van der Waals surface area contributed by atoms with Crippen LogP contribution in [0.15, 0.2) is 33.9 Å². The van der Waals surface area contributed by atoms with E-state index < -0.39 is 11.6 Å². The third-order valence-electron chi connectivity index (χ3n) is 3.14. The maximum atomic E-state index is 13.5. The van der Waals surface area contributed by atoms with Gasteiger partial charge in [0.1, 0.15) is 17.3 Å². The van der Waals surface area contributed by atoms with Gasteiger partial charge in [-0.15, -0.1) is 10.2 Å². The number of halogens is 2. The van der Waals surface area contributed by atoms with E-state index in [2.05, 4.69) is 15.3 Å². The van der Waals surface area contributed by atoms with Crippen LogP contribution in [0.1, 0.15) is 11.3 Å². The second kappa shape index (κ2) is 5.88. The summed E-state index contributed by atoms with van der Waals surface area (Å²) in [6.07, 6.45) is 0. The highest BCUT2D eigenvalue weighted by Crippen LogP contribution is 2.27. The number of thioether (sulfide) groups is 1. The lowest BCUT2D eigenvalue weighted by Gasteiger charge is -2.01. The standard InChI is InChI=1S/C14H12F2N4OS/c1-8-6-12(19-20(8)2)13-17-18-14(21-13)22-7-9-10(15)4-3-5-11(9)16/h3-6H,7H2,1-2H3. The second-order valence-electron chi connectivity index (χ2n) is 4.66. The number of nitrogens with zero attached hydrogens (tertiary/aromatic N) is 4. The lowest BCUT2D eigenvalue weighted by atomic mass is 10.2. The van der Waals surface area contributed by atoms with Crippen molar-refractivity contribution in [2.24, 2.45) is 7.05 Å². The fourth-order valence-corrected chi connectivity index (χ4v) is 2.62. The molecule has 2 aromatic heterocycles. The molecule has 0 bridgehead atoms. The lowest BCUT2D eigenvalue weighted by Crippen LogP contribution is -1.92. The molecule has 0 fully saturated rings. The van der Waals surface area contributed by atoms with Gasteiger partial charge in [-0.05, 0) is 25.1 Å². The van der Waals surface area contributed by atoms with Crippen LogP contribution >= 0.6 is 11.8 Å². The van der Waals surface area contributed by atoms with E-state index in [1.54, 1.807) is 4.68 Å². The highest BCUT2D eigenvalue weighted by Gasteiger charge is 2.15. The maximum Gasteiger partial charge on any atom is 0.277 e. The molecule has 0 spiro atoms. The van der Waals surface area contributed by atoms with Gasteiger partial charge < -0.3 is 4.42 Å². The summed E-state index contributed by atoms with van der Waals surface area (Å²) in [5, 5.41) is 12.2. The molecule has 3 rings (SSSR count). The third-order valence-corrected chi connectivity index (χ3v) is 3.99. The van der Waals surface area contributed by atoms with Crippen molar-refractivity contribution in [2.45, 2.75) is 17.9 Å². The fourth-order valence-electron chi connectivity index (χ4n) is 1.84. The van der Waals surface area contributed by atoms with Crippen LogP contribution in [0.3, 0.4) is 0 Å². The molecule has 0 saturated heterocycles. The smallest absolute Gasteiger partial charge is 0.277 e. The molecular formula is C14H12F2N4OS. The van der Waals surface area contributed by atoms with Gasteiger partial charge in [-0.3, -0.25) is 4.68 Å². The highest BCUT2D eigenvalue weighted by molar-refractivity contribution is 7.98. The number of hydrogen-bond acceptors (Lipinski definition) is 5. The van der Waals surface area contributed by atoms with Crippen LogP contribution in [0.4, 0.5) is 8.78 Å². The molecule has 114 valence electrons. The molecule has 8 heteroatoms. The third kappa shape index (κ3) is 2.87. The molecule has 0 aliphatic heterocycles. The minimum absolute atomic E-state index is 0.0130. The first kappa shape index (κ1) is 14.7. The van der Waals surface area contributed by atoms with Gasteiger partial charge in [0.2, 0.25) is 0 Å². The predicted molar refractivity (Wildman–Crippen MR) is 77.2 cm³/mol. The van der Waals surface area contributed by atoms with Crippen molar-refractivity contribution in [3.05, 3.63) is 47.2 Å². The van der Waals surface area contributed by atoms with Crippen LogP contribution in [0.25, 0.3) is 11.6 Å². The molecular weight excluding hydrogens is 310 g/mol. The van der Waals surface area contributed by atoms with Gasteiger partial charge in [0.05, 0.1) is 0 Å². The summed E-state index contributed by atoms with van der Waals surface area (Å²) in [5.74, 6) is -0.832. The number of benzene rings is 1. The molecule has 0 saturated carbocycles. The first-order chi connectivity index (χ1) is 10.5. The van der Waals surface area contributed by atoms with Gasteiger partial charge in [-0.1, -0.05) is 17.8 Å². The van der Waals surface area contributed by atoms with E-state index in [0.717, 1.165) is 17.5 Å². The molecule has 0 radical (unpaired) electrons. The van der Waals surface area contributed by atoms with Crippen molar-refractivity contribution in [3.8, 4) is 11.6 Å². The quantitative estimate of drug-likeness (QED) is 0.690. The van der Waals surface area contributed by atoms with Gasteiger partial charge in [0, 0.05) is 24.1 Å². The topological polar surface area (TPSA) is 56.7 Å². The largest absolute Gasteiger partial charge is 0.410 e. The van der Waals surface area contributed by atoms with Gasteiger partial charge in [0.15, 0.2) is 0 Å². The van der Waals surface area contributed by atoms with E-state index in [-0.39, 0.29) is 22.4 Å². The minimum atomic E-state index is -0.590. The van der Waals surface area contributed by atoms with Crippen molar-refractivity contribution < 1.29 is 13.2 Å². The Kier molecular flexibility index (Phi) is 3.93. The van der Waals surface area contributed by atoms with Crippen molar-refractivity contribution in [1.29, 1.82) is 0 Å². The molecule has 0 unspecified atom stereocenters. The Hall–Kier alpha value is -2.22. The van der Waals surface area contributed by atoms with Gasteiger partial charge in [0.25, 0.3) is 11.1 Å². The van der Waals surface area contributed by atoms with Crippen LogP contribution in [-0.4, -0.2) is 20.0 Å². The number of rotatable bonds is 4. The minimum Gasteiger partial charge on any atom is -0.410 e. The molecule has 0 N–H and O–H groups in total. The van der Waals surface area contributed by atoms with Gasteiger partial charge in [-0.25, -0.2) is 8.78 Å². The number of hydrogen-bond donors (Lipinski definition) is 0. The van der Waals surface area contributed by atoms with Crippen LogP contribution in [-0.2, 0) is 12.8 Å². The van der Waals surface area contributed by atoms with Gasteiger partial charge in [-0.2, -0.15) is 5.10 Å². The fraction of sp³-hybridized carbons (Fsp3) is 0.214. The van der Waals surface area contributed by atoms with Crippen LogP contribution in [0.2, 0.25) is 0 Å². The Morgan fingerprint density at radius 2 is 1.95 bits per heavy atom. The van der Waals surface area contributed by atoms with Crippen LogP contribution in [0.5, 0.6) is 0 Å². The Morgan fingerprint density at radius 1 is 1.23 bits per heavy atom. The summed E-state index contributed by atoms with van der Waals surface area (Å²) < 4.78 is 34.2. The number of aryl methyl sites for hydroxylation is 2. The summed E-state index contributed by atoms with van der Waals surface area (Å²) in [4.78, 5) is 0. The lowest BCUT2D eigenvalue weighted by molar-refractivity contribution is 0.463. The molecule has 3 aromatic rings. The summed E-state index contributed by atoms with van der Waals surface area (Å²) in [6.45, 7) is 1.91. The highest BCUT2D eigenvalue weighted by atomic mass is 32.2. The zero-order valence-electron chi connectivity index (χ0n) is 11.9. The summed E-state index contributed by atoms with van der Waals surface area (Å²) in [5.41, 5.74) is 1.51. The molecule has 22 heavy (non-hydrogen) atoms. The first-order valence-corrected chi connectivity index (χ1v) is 7.43. The molecule has 2 heterocycles. The normalized spacial score (nSPS) is 11.1. The van der Waals surface area contributed by atoms with Crippen molar-refractivity contribution in [1.82, 2.24) is 20.0 Å². The molecule has 0 aliphatic rings. The average Bonchev–Trinajstić information content (AvgIpc) is 3.06. The zero-order valence-corrected chi connectivity index (χ0v) is 12.7. The number of aromatic nitrogens is 4. The van der Waals surface area contributed by atoms with Crippen molar-refractivity contribution in [3.63, 3.8) is 0 Å².